The molecule has 1 fully saturated rings. The van der Waals surface area contributed by atoms with Crippen LogP contribution in [0.25, 0.3) is 5.76 Å². The molecule has 1 unspecified atom stereocenters. The molecule has 4 rings (SSSR count). The zero-order chi connectivity index (χ0) is 21.6. The van der Waals surface area contributed by atoms with E-state index < -0.39 is 35.1 Å². The van der Waals surface area contributed by atoms with E-state index in [1.165, 1.54) is 30.3 Å². The number of benzene rings is 2. The predicted molar refractivity (Wildman–Crippen MR) is 106 cm³/mol. The minimum absolute atomic E-state index is 0.144. The van der Waals surface area contributed by atoms with Crippen LogP contribution in [0.5, 0.6) is 0 Å². The number of rotatable bonds is 3. The Morgan fingerprint density at radius 3 is 2.37 bits per heavy atom. The van der Waals surface area contributed by atoms with Gasteiger partial charge >= 0.3 is 0 Å². The molecule has 8 heteroatoms. The normalized spacial score (nSPS) is 18.3. The Bertz CT molecular complexity index is 1200. The summed E-state index contributed by atoms with van der Waals surface area (Å²) in [6.07, 6.45) is 0. The van der Waals surface area contributed by atoms with E-state index in [1.807, 2.05) is 0 Å². The summed E-state index contributed by atoms with van der Waals surface area (Å²) in [6, 6.07) is 10.5. The third kappa shape index (κ3) is 3.27. The van der Waals surface area contributed by atoms with Crippen molar-refractivity contribution < 1.29 is 27.9 Å². The first-order valence-corrected chi connectivity index (χ1v) is 9.24. The number of hydrogen-bond acceptors (Lipinski definition) is 4. The molecule has 1 amide bonds. The molecule has 0 radical (unpaired) electrons. The quantitative estimate of drug-likeness (QED) is 0.355. The van der Waals surface area contributed by atoms with Gasteiger partial charge in [0.1, 0.15) is 35.0 Å². The van der Waals surface area contributed by atoms with Crippen LogP contribution < -0.4 is 4.90 Å². The van der Waals surface area contributed by atoms with Gasteiger partial charge in [-0.3, -0.25) is 14.5 Å². The number of aryl methyl sites for hydroxylation is 1. The number of nitrogens with zero attached hydrogens (tertiary/aromatic N) is 1. The van der Waals surface area contributed by atoms with Crippen molar-refractivity contribution in [1.29, 1.82) is 0 Å². The van der Waals surface area contributed by atoms with Gasteiger partial charge in [-0.05, 0) is 55.5 Å². The maximum absolute atomic E-state index is 14.5. The molecule has 3 aromatic rings. The van der Waals surface area contributed by atoms with E-state index in [0.717, 1.165) is 17.0 Å². The standard InChI is InChI=1S/C22H14ClF2NO4/c1-11-2-9-17(30-11)19-18(20(27)12-3-5-13(23)6-4-12)21(28)22(29)26(19)16-8-7-14(24)10-15(16)25/h2-10,19,27H,1H3/b20-18-. The third-order valence-corrected chi connectivity index (χ3v) is 5.01. The molecule has 0 spiro atoms. The number of aliphatic hydroxyl groups is 1. The largest absolute Gasteiger partial charge is 0.507 e. The maximum Gasteiger partial charge on any atom is 0.300 e. The van der Waals surface area contributed by atoms with E-state index >= 15 is 0 Å². The second kappa shape index (κ2) is 7.42. The van der Waals surface area contributed by atoms with Crippen molar-refractivity contribution in [3.63, 3.8) is 0 Å². The first-order valence-electron chi connectivity index (χ1n) is 8.86. The molecule has 0 saturated carbocycles. The van der Waals surface area contributed by atoms with Gasteiger partial charge in [0.15, 0.2) is 0 Å². The molecule has 152 valence electrons. The SMILES string of the molecule is Cc1ccc(C2/C(=C(/O)c3ccc(Cl)cc3)C(=O)C(=O)N2c2ccc(F)cc2F)o1. The Hall–Kier alpha value is -3.45. The lowest BCUT2D eigenvalue weighted by atomic mass is 9.99. The molecule has 30 heavy (non-hydrogen) atoms. The van der Waals surface area contributed by atoms with Crippen molar-refractivity contribution >= 4 is 34.7 Å². The number of aliphatic hydroxyl groups excluding tert-OH is 1. The zero-order valence-corrected chi connectivity index (χ0v) is 16.3. The summed E-state index contributed by atoms with van der Waals surface area (Å²) < 4.78 is 33.5. The minimum Gasteiger partial charge on any atom is -0.507 e. The summed E-state index contributed by atoms with van der Waals surface area (Å²) >= 11 is 5.87. The van der Waals surface area contributed by atoms with Gasteiger partial charge in [-0.25, -0.2) is 8.78 Å². The molecule has 0 bridgehead atoms. The fraction of sp³-hybridized carbons (Fsp3) is 0.0909. The van der Waals surface area contributed by atoms with Gasteiger partial charge in [-0.15, -0.1) is 0 Å². The van der Waals surface area contributed by atoms with Crippen molar-refractivity contribution in [3.05, 3.63) is 93.9 Å². The highest BCUT2D eigenvalue weighted by Crippen LogP contribution is 2.43. The molecule has 2 aromatic carbocycles. The van der Waals surface area contributed by atoms with Crippen molar-refractivity contribution in [2.75, 3.05) is 4.90 Å². The van der Waals surface area contributed by atoms with Crippen molar-refractivity contribution in [2.45, 2.75) is 13.0 Å². The number of furan rings is 1. The van der Waals surface area contributed by atoms with Crippen molar-refractivity contribution in [2.24, 2.45) is 0 Å². The zero-order valence-electron chi connectivity index (χ0n) is 15.5. The summed E-state index contributed by atoms with van der Waals surface area (Å²) in [5.74, 6) is -3.79. The molecule has 1 saturated heterocycles. The van der Waals surface area contributed by atoms with E-state index in [9.17, 15) is 23.5 Å². The van der Waals surface area contributed by atoms with Gasteiger partial charge < -0.3 is 9.52 Å². The average Bonchev–Trinajstić information content (AvgIpc) is 3.24. The molecule has 1 N–H and O–H groups in total. The van der Waals surface area contributed by atoms with Crippen LogP contribution in [0, 0.1) is 18.6 Å². The Morgan fingerprint density at radius 2 is 1.77 bits per heavy atom. The highest BCUT2D eigenvalue weighted by Gasteiger charge is 2.49. The molecular weight excluding hydrogens is 416 g/mol. The van der Waals surface area contributed by atoms with E-state index in [1.54, 1.807) is 13.0 Å². The summed E-state index contributed by atoms with van der Waals surface area (Å²) in [6.45, 7) is 1.66. The van der Waals surface area contributed by atoms with E-state index in [0.29, 0.717) is 16.8 Å². The third-order valence-electron chi connectivity index (χ3n) is 4.76. The summed E-state index contributed by atoms with van der Waals surface area (Å²) in [7, 11) is 0. The molecule has 2 heterocycles. The van der Waals surface area contributed by atoms with Gasteiger partial charge in [0.25, 0.3) is 11.7 Å². The fourth-order valence-corrected chi connectivity index (χ4v) is 3.52. The summed E-state index contributed by atoms with van der Waals surface area (Å²) in [5.41, 5.74) is -0.349. The number of carbonyl (C=O) groups is 2. The highest BCUT2D eigenvalue weighted by molar-refractivity contribution is 6.51. The fourth-order valence-electron chi connectivity index (χ4n) is 3.39. The van der Waals surface area contributed by atoms with Gasteiger partial charge in [0, 0.05) is 16.7 Å². The second-order valence-corrected chi connectivity index (χ2v) is 7.16. The lowest BCUT2D eigenvalue weighted by Crippen LogP contribution is -2.30. The van der Waals surface area contributed by atoms with E-state index in [2.05, 4.69) is 0 Å². The van der Waals surface area contributed by atoms with Crippen LogP contribution >= 0.6 is 11.6 Å². The molecule has 1 aliphatic rings. The monoisotopic (exact) mass is 429 g/mol. The lowest BCUT2D eigenvalue weighted by Gasteiger charge is -2.23. The van der Waals surface area contributed by atoms with Gasteiger partial charge in [0.05, 0.1) is 11.3 Å². The van der Waals surface area contributed by atoms with Gasteiger partial charge in [-0.1, -0.05) is 11.6 Å². The van der Waals surface area contributed by atoms with Crippen molar-refractivity contribution in [3.8, 4) is 0 Å². The minimum atomic E-state index is -1.24. The van der Waals surface area contributed by atoms with Crippen LogP contribution in [0.2, 0.25) is 5.02 Å². The Labute approximate surface area is 174 Å². The number of anilines is 1. The number of Topliss-reactive ketones (excluding diaryl/α,β-unsaturated/α-hetero) is 1. The molecule has 0 aliphatic carbocycles. The highest BCUT2D eigenvalue weighted by atomic mass is 35.5. The van der Waals surface area contributed by atoms with Crippen LogP contribution in [0.3, 0.4) is 0 Å². The predicted octanol–water partition coefficient (Wildman–Crippen LogP) is 5.15. The molecule has 1 aliphatic heterocycles. The first-order chi connectivity index (χ1) is 14.3. The number of hydrogen-bond donors (Lipinski definition) is 1. The molecule has 1 atom stereocenters. The number of carbonyl (C=O) groups excluding carboxylic acids is 2. The Kier molecular flexibility index (Phi) is 4.91. The van der Waals surface area contributed by atoms with Crippen LogP contribution in [-0.2, 0) is 9.59 Å². The number of ketones is 1. The lowest BCUT2D eigenvalue weighted by molar-refractivity contribution is -0.132. The number of amides is 1. The molecular formula is C22H14ClF2NO4. The Morgan fingerprint density at radius 1 is 1.07 bits per heavy atom. The Balaban J connectivity index is 1.95. The van der Waals surface area contributed by atoms with Gasteiger partial charge in [0.2, 0.25) is 0 Å². The maximum atomic E-state index is 14.5. The average molecular weight is 430 g/mol. The summed E-state index contributed by atoms with van der Waals surface area (Å²) in [4.78, 5) is 26.6. The molecule has 5 nitrogen and oxygen atoms in total. The molecule has 1 aromatic heterocycles. The van der Waals surface area contributed by atoms with E-state index in [-0.39, 0.29) is 22.6 Å². The topological polar surface area (TPSA) is 70.8 Å². The summed E-state index contributed by atoms with van der Waals surface area (Å²) in [5, 5.41) is 11.3. The number of halogens is 3. The van der Waals surface area contributed by atoms with Crippen molar-refractivity contribution in [1.82, 2.24) is 0 Å². The van der Waals surface area contributed by atoms with E-state index in [4.69, 9.17) is 16.0 Å². The van der Waals surface area contributed by atoms with Crippen LogP contribution in [-0.4, -0.2) is 16.8 Å². The smallest absolute Gasteiger partial charge is 0.300 e. The van der Waals surface area contributed by atoms with Gasteiger partial charge in [-0.2, -0.15) is 0 Å². The first kappa shape index (κ1) is 19.8. The van der Waals surface area contributed by atoms with Crippen LogP contribution in [0.4, 0.5) is 14.5 Å². The van der Waals surface area contributed by atoms with Crippen LogP contribution in [0.15, 0.2) is 64.6 Å². The van der Waals surface area contributed by atoms with Crippen LogP contribution in [0.1, 0.15) is 23.1 Å². The second-order valence-electron chi connectivity index (χ2n) is 6.72.